The number of benzene rings is 2. The molecule has 3 rings (SSSR count). The van der Waals surface area contributed by atoms with Gasteiger partial charge in [0.1, 0.15) is 6.17 Å². The van der Waals surface area contributed by atoms with Crippen LogP contribution < -0.4 is 10.4 Å². The Morgan fingerprint density at radius 2 is 1.92 bits per heavy atom. The number of rotatable bonds is 3. The zero-order valence-corrected chi connectivity index (χ0v) is 14.2. The van der Waals surface area contributed by atoms with Gasteiger partial charge in [-0.3, -0.25) is 4.99 Å². The first-order valence-electron chi connectivity index (χ1n) is 7.41. The molecular formula is C17H15BrF3N3. The number of aliphatic imine (C=N–C) groups is 1. The van der Waals surface area contributed by atoms with E-state index >= 15 is 0 Å². The lowest BCUT2D eigenvalue weighted by molar-refractivity contribution is -0.137. The number of anilines is 1. The lowest BCUT2D eigenvalue weighted by Crippen LogP contribution is -2.34. The molecule has 2 aromatic rings. The number of hydrogen-bond acceptors (Lipinski definition) is 3. The molecule has 1 N–H and O–H groups in total. The van der Waals surface area contributed by atoms with Crippen molar-refractivity contribution in [1.82, 2.24) is 5.43 Å². The van der Waals surface area contributed by atoms with Crippen LogP contribution in [-0.4, -0.2) is 18.9 Å². The lowest BCUT2D eigenvalue weighted by Gasteiger charge is -2.20. The van der Waals surface area contributed by atoms with E-state index in [0.717, 1.165) is 28.6 Å². The van der Waals surface area contributed by atoms with Crippen molar-refractivity contribution < 1.29 is 13.2 Å². The van der Waals surface area contributed by atoms with Gasteiger partial charge >= 0.3 is 6.18 Å². The van der Waals surface area contributed by atoms with E-state index in [9.17, 15) is 13.2 Å². The molecular weight excluding hydrogens is 383 g/mol. The smallest absolute Gasteiger partial charge is 0.306 e. The molecule has 0 aromatic heterocycles. The van der Waals surface area contributed by atoms with Crippen LogP contribution in [0.1, 0.15) is 17.5 Å². The molecule has 1 aliphatic rings. The van der Waals surface area contributed by atoms with Gasteiger partial charge < -0.3 is 5.01 Å². The summed E-state index contributed by atoms with van der Waals surface area (Å²) in [5, 5.41) is 1.71. The second-order valence-electron chi connectivity index (χ2n) is 5.46. The highest BCUT2D eigenvalue weighted by molar-refractivity contribution is 9.10. The van der Waals surface area contributed by atoms with E-state index in [1.54, 1.807) is 17.3 Å². The fourth-order valence-electron chi connectivity index (χ4n) is 2.45. The van der Waals surface area contributed by atoms with Crippen LogP contribution in [0.5, 0.6) is 0 Å². The number of nitrogens with zero attached hydrogens (tertiary/aromatic N) is 2. The molecule has 1 saturated heterocycles. The maximum Gasteiger partial charge on any atom is 0.416 e. The van der Waals surface area contributed by atoms with E-state index in [1.807, 2.05) is 24.3 Å². The molecule has 0 radical (unpaired) electrons. The van der Waals surface area contributed by atoms with Crippen LogP contribution in [0.3, 0.4) is 0 Å². The molecule has 24 heavy (non-hydrogen) atoms. The summed E-state index contributed by atoms with van der Waals surface area (Å²) in [5.74, 6) is 0. The molecule has 1 heterocycles. The molecule has 7 heteroatoms. The van der Waals surface area contributed by atoms with Crippen LogP contribution in [0.25, 0.3) is 0 Å². The van der Waals surface area contributed by atoms with Crippen LogP contribution in [-0.2, 0) is 6.18 Å². The third kappa shape index (κ3) is 4.15. The summed E-state index contributed by atoms with van der Waals surface area (Å²) >= 11 is 3.37. The van der Waals surface area contributed by atoms with Crippen molar-refractivity contribution in [3.8, 4) is 0 Å². The predicted octanol–water partition coefficient (Wildman–Crippen LogP) is 4.63. The zero-order valence-electron chi connectivity index (χ0n) is 12.6. The summed E-state index contributed by atoms with van der Waals surface area (Å²) < 4.78 is 39.4. The summed E-state index contributed by atoms with van der Waals surface area (Å²) in [7, 11) is 0. The first-order valence-corrected chi connectivity index (χ1v) is 8.21. The summed E-state index contributed by atoms with van der Waals surface area (Å²) in [5.41, 5.74) is 3.94. The molecule has 1 atom stereocenters. The third-order valence-corrected chi connectivity index (χ3v) is 4.22. The first kappa shape index (κ1) is 17.0. The highest BCUT2D eigenvalue weighted by Crippen LogP contribution is 2.32. The van der Waals surface area contributed by atoms with E-state index in [2.05, 4.69) is 26.3 Å². The van der Waals surface area contributed by atoms with Gasteiger partial charge in [0.15, 0.2) is 0 Å². The van der Waals surface area contributed by atoms with Crippen molar-refractivity contribution in [3.63, 3.8) is 0 Å². The van der Waals surface area contributed by atoms with Crippen molar-refractivity contribution >= 4 is 27.8 Å². The fraction of sp³-hybridized carbons (Fsp3) is 0.235. The second kappa shape index (κ2) is 6.94. The predicted molar refractivity (Wildman–Crippen MR) is 92.1 cm³/mol. The van der Waals surface area contributed by atoms with E-state index in [4.69, 9.17) is 0 Å². The minimum absolute atomic E-state index is 0.150. The van der Waals surface area contributed by atoms with E-state index in [0.29, 0.717) is 12.2 Å². The highest BCUT2D eigenvalue weighted by Gasteiger charge is 2.31. The molecule has 0 spiro atoms. The van der Waals surface area contributed by atoms with Gasteiger partial charge in [-0.25, -0.2) is 5.43 Å². The maximum atomic E-state index is 12.8. The monoisotopic (exact) mass is 397 g/mol. The van der Waals surface area contributed by atoms with Gasteiger partial charge in [-0.2, -0.15) is 13.2 Å². The van der Waals surface area contributed by atoms with Gasteiger partial charge in [-0.15, -0.1) is 0 Å². The molecule has 126 valence electrons. The lowest BCUT2D eigenvalue weighted by atomic mass is 10.2. The van der Waals surface area contributed by atoms with Crippen LogP contribution in [0.2, 0.25) is 0 Å². The van der Waals surface area contributed by atoms with Crippen molar-refractivity contribution in [2.24, 2.45) is 4.99 Å². The second-order valence-corrected chi connectivity index (χ2v) is 6.38. The Labute approximate surface area is 146 Å². The van der Waals surface area contributed by atoms with E-state index < -0.39 is 11.7 Å². The van der Waals surface area contributed by atoms with Gasteiger partial charge in [0, 0.05) is 23.7 Å². The first-order chi connectivity index (χ1) is 11.4. The number of hydrazine groups is 1. The van der Waals surface area contributed by atoms with Crippen molar-refractivity contribution in [2.45, 2.75) is 18.8 Å². The maximum absolute atomic E-state index is 12.8. The van der Waals surface area contributed by atoms with E-state index in [1.165, 1.54) is 6.07 Å². The largest absolute Gasteiger partial charge is 0.416 e. The average molecular weight is 398 g/mol. The standard InChI is InChI=1S/C17H15BrF3N3/c18-14-6-4-12(5-7-14)11-22-16-8-9-24(23-16)15-3-1-2-13(10-15)17(19,20)21/h1-7,10-11,16,23H,8-9H2. The minimum atomic E-state index is -4.34. The topological polar surface area (TPSA) is 27.6 Å². The number of halogens is 4. The Morgan fingerprint density at radius 3 is 2.62 bits per heavy atom. The number of hydrogen-bond donors (Lipinski definition) is 1. The average Bonchev–Trinajstić information content (AvgIpc) is 3.03. The van der Waals surface area contributed by atoms with Gasteiger partial charge in [0.05, 0.1) is 11.3 Å². The Bertz CT molecular complexity index is 729. The van der Waals surface area contributed by atoms with Crippen LogP contribution >= 0.6 is 15.9 Å². The molecule has 0 aliphatic carbocycles. The summed E-state index contributed by atoms with van der Waals surface area (Å²) in [6, 6.07) is 13.0. The van der Waals surface area contributed by atoms with Crippen molar-refractivity contribution in [3.05, 3.63) is 64.1 Å². The summed E-state index contributed by atoms with van der Waals surface area (Å²) in [4.78, 5) is 4.45. The molecule has 0 amide bonds. The van der Waals surface area contributed by atoms with Gasteiger partial charge in [-0.1, -0.05) is 34.1 Å². The molecule has 1 unspecified atom stereocenters. The summed E-state index contributed by atoms with van der Waals surface area (Å²) in [6.45, 7) is 0.601. The fourth-order valence-corrected chi connectivity index (χ4v) is 2.71. The Balaban J connectivity index is 1.66. The van der Waals surface area contributed by atoms with Gasteiger partial charge in [-0.05, 0) is 35.9 Å². The van der Waals surface area contributed by atoms with Crippen molar-refractivity contribution in [2.75, 3.05) is 11.6 Å². The Morgan fingerprint density at radius 1 is 1.17 bits per heavy atom. The molecule has 0 saturated carbocycles. The van der Waals surface area contributed by atoms with Gasteiger partial charge in [0.25, 0.3) is 0 Å². The summed E-state index contributed by atoms with van der Waals surface area (Å²) in [6.07, 6.45) is -2.00. The molecule has 2 aromatic carbocycles. The number of alkyl halides is 3. The SMILES string of the molecule is FC(F)(F)c1cccc(N2CCC(N=Cc3ccc(Br)cc3)N2)c1. The molecule has 1 fully saturated rings. The number of nitrogens with one attached hydrogen (secondary N) is 1. The molecule has 3 nitrogen and oxygen atoms in total. The molecule has 0 bridgehead atoms. The zero-order chi connectivity index (χ0) is 17.2. The van der Waals surface area contributed by atoms with Crippen LogP contribution in [0.15, 0.2) is 58.0 Å². The Kier molecular flexibility index (Phi) is 4.91. The Hall–Kier alpha value is -1.86. The third-order valence-electron chi connectivity index (χ3n) is 3.69. The van der Waals surface area contributed by atoms with Crippen LogP contribution in [0.4, 0.5) is 18.9 Å². The minimum Gasteiger partial charge on any atom is -0.306 e. The van der Waals surface area contributed by atoms with Crippen LogP contribution in [0, 0.1) is 0 Å². The highest BCUT2D eigenvalue weighted by atomic mass is 79.9. The van der Waals surface area contributed by atoms with Crippen molar-refractivity contribution in [1.29, 1.82) is 0 Å². The van der Waals surface area contributed by atoms with E-state index in [-0.39, 0.29) is 6.17 Å². The quantitative estimate of drug-likeness (QED) is 0.764. The molecule has 1 aliphatic heterocycles. The normalized spacial score (nSPS) is 18.5. The van der Waals surface area contributed by atoms with Gasteiger partial charge in [0.2, 0.25) is 0 Å².